The van der Waals surface area contributed by atoms with Crippen molar-refractivity contribution in [2.24, 2.45) is 5.92 Å². The molecule has 8 nitrogen and oxygen atoms in total. The molecule has 2 aromatic rings. The molecule has 330 valence electrons. The van der Waals surface area contributed by atoms with E-state index in [2.05, 4.69) is 78.3 Å². The highest BCUT2D eigenvalue weighted by molar-refractivity contribution is 6.76. The third-order valence-corrected chi connectivity index (χ3v) is 14.9. The molecule has 0 radical (unpaired) electrons. The third-order valence-electron chi connectivity index (χ3n) is 11.5. The fraction of sp³-hybridized carbons (Fsp3) is 0.673. The molecule has 1 saturated carbocycles. The van der Waals surface area contributed by atoms with Gasteiger partial charge in [-0.15, -0.1) is 0 Å². The Balaban J connectivity index is 0.000000261. The number of carbonyl (C=O) groups is 2. The molecule has 3 aliphatic rings. The van der Waals surface area contributed by atoms with Gasteiger partial charge in [0.2, 0.25) is 0 Å². The number of ether oxygens (including phenoxy) is 6. The zero-order valence-corrected chi connectivity index (χ0v) is 41.6. The number of hydrogen-bond acceptors (Lipinski definition) is 8. The molecular formula is C49H78O8Si2. The Bertz CT molecular complexity index is 1790. The van der Waals surface area contributed by atoms with Gasteiger partial charge in [0.25, 0.3) is 0 Å². The van der Waals surface area contributed by atoms with E-state index in [0.717, 1.165) is 72.0 Å². The van der Waals surface area contributed by atoms with Crippen molar-refractivity contribution in [1.29, 1.82) is 0 Å². The van der Waals surface area contributed by atoms with Crippen molar-refractivity contribution in [2.45, 2.75) is 195 Å². The molecule has 0 amide bonds. The normalized spacial score (nSPS) is 24.8. The number of rotatable bonds is 16. The number of aryl methyl sites for hydroxylation is 4. The third kappa shape index (κ3) is 14.8. The summed E-state index contributed by atoms with van der Waals surface area (Å²) in [5.41, 5.74) is 7.86. The van der Waals surface area contributed by atoms with E-state index in [-0.39, 0.29) is 36.4 Å². The fourth-order valence-electron chi connectivity index (χ4n) is 8.45. The van der Waals surface area contributed by atoms with Crippen LogP contribution in [-0.2, 0) is 28.4 Å². The maximum Gasteiger partial charge on any atom is 0.338 e. The van der Waals surface area contributed by atoms with Crippen LogP contribution >= 0.6 is 0 Å². The number of esters is 2. The Morgan fingerprint density at radius 2 is 1.14 bits per heavy atom. The summed E-state index contributed by atoms with van der Waals surface area (Å²) in [6.07, 6.45) is 9.26. The van der Waals surface area contributed by atoms with Crippen LogP contribution in [0.1, 0.15) is 134 Å². The molecule has 2 unspecified atom stereocenters. The first-order valence-corrected chi connectivity index (χ1v) is 29.7. The maximum atomic E-state index is 13.0. The quantitative estimate of drug-likeness (QED) is 0.122. The van der Waals surface area contributed by atoms with Crippen molar-refractivity contribution in [1.82, 2.24) is 0 Å². The van der Waals surface area contributed by atoms with Crippen molar-refractivity contribution in [3.8, 4) is 0 Å². The van der Waals surface area contributed by atoms with Gasteiger partial charge in [0.05, 0.1) is 48.8 Å². The monoisotopic (exact) mass is 851 g/mol. The molecule has 6 atom stereocenters. The molecule has 3 fully saturated rings. The molecule has 0 bridgehead atoms. The minimum atomic E-state index is -1.24. The van der Waals surface area contributed by atoms with Gasteiger partial charge in [0.15, 0.2) is 11.6 Å². The minimum absolute atomic E-state index is 0.0318. The van der Waals surface area contributed by atoms with Gasteiger partial charge in [0.1, 0.15) is 0 Å². The molecule has 1 aliphatic carbocycles. The smallest absolute Gasteiger partial charge is 0.338 e. The summed E-state index contributed by atoms with van der Waals surface area (Å²) in [6, 6.07) is 10.3. The van der Waals surface area contributed by atoms with Crippen molar-refractivity contribution in [2.75, 3.05) is 13.2 Å². The Morgan fingerprint density at radius 1 is 0.678 bits per heavy atom. The standard InChI is InChI=1S/C25H40O4Si.C24H38O4Si/c1-9-21-22(29-25(4,5)28-21)15-18-14-19(18)20-13-16(2)12-17(3)23(20)24(26)27-10-11-30(6,7)8;1-9-20-21(28-24(4,5)27-20)12-10-11-19-16-17(2)15-18(3)22(19)23(25)26-13-14-29(6,7)8/h12-13,18-19,21-22H,9-11,14-15H2,1-8H3;10-11,15-16,20-21H,9,12-14H2,1-8H3/b;11-10+/t18?,19?,21-,22+;20-,21+/m11/s1. The van der Waals surface area contributed by atoms with Gasteiger partial charge in [-0.05, 0) is 134 Å². The van der Waals surface area contributed by atoms with Crippen LogP contribution in [0.4, 0.5) is 0 Å². The summed E-state index contributed by atoms with van der Waals surface area (Å²) in [7, 11) is -2.46. The van der Waals surface area contributed by atoms with Crippen molar-refractivity contribution in [3.63, 3.8) is 0 Å². The first-order chi connectivity index (χ1) is 27.3. The highest BCUT2D eigenvalue weighted by atomic mass is 28.3. The first kappa shape index (κ1) is 49.1. The number of carbonyl (C=O) groups excluding carboxylic acids is 2. The lowest BCUT2D eigenvalue weighted by molar-refractivity contribution is -0.147. The van der Waals surface area contributed by atoms with E-state index >= 15 is 0 Å². The van der Waals surface area contributed by atoms with E-state index in [1.54, 1.807) is 0 Å². The molecule has 2 heterocycles. The van der Waals surface area contributed by atoms with E-state index in [9.17, 15) is 9.59 Å². The molecule has 2 saturated heterocycles. The van der Waals surface area contributed by atoms with E-state index < -0.39 is 27.7 Å². The Kier molecular flexibility index (Phi) is 16.7. The largest absolute Gasteiger partial charge is 0.462 e. The van der Waals surface area contributed by atoms with Crippen LogP contribution in [0, 0.1) is 33.6 Å². The highest BCUT2D eigenvalue weighted by Crippen LogP contribution is 2.53. The van der Waals surface area contributed by atoms with Gasteiger partial charge in [-0.1, -0.05) is 101 Å². The van der Waals surface area contributed by atoms with Crippen LogP contribution in [-0.4, -0.2) is 77.3 Å². The van der Waals surface area contributed by atoms with Crippen LogP contribution in [0.15, 0.2) is 30.3 Å². The second-order valence-electron chi connectivity index (χ2n) is 20.7. The van der Waals surface area contributed by atoms with Crippen molar-refractivity contribution in [3.05, 3.63) is 74.8 Å². The van der Waals surface area contributed by atoms with Crippen molar-refractivity contribution < 1.29 is 38.0 Å². The summed E-state index contributed by atoms with van der Waals surface area (Å²) in [5, 5.41) is 0. The van der Waals surface area contributed by atoms with Gasteiger partial charge in [-0.2, -0.15) is 0 Å². The van der Waals surface area contributed by atoms with Gasteiger partial charge in [-0.3, -0.25) is 0 Å². The molecule has 59 heavy (non-hydrogen) atoms. The van der Waals surface area contributed by atoms with Crippen LogP contribution < -0.4 is 0 Å². The number of hydrogen-bond donors (Lipinski definition) is 0. The SMILES string of the molecule is CC[C@H]1OC(C)(C)O[C@H]1C/C=C/c1cc(C)cc(C)c1C(=O)OCC[Si](C)(C)C.CC[C@H]1OC(C)(C)O[C@H]1CC1CC1c1cc(C)cc(C)c1C(=O)OCC[Si](C)(C)C. The summed E-state index contributed by atoms with van der Waals surface area (Å²) in [5.74, 6) is -0.470. The van der Waals surface area contributed by atoms with Gasteiger partial charge in [0, 0.05) is 16.1 Å². The highest BCUT2D eigenvalue weighted by Gasteiger charge is 2.48. The lowest BCUT2D eigenvalue weighted by Gasteiger charge is -2.18. The van der Waals surface area contributed by atoms with Crippen LogP contribution in [0.25, 0.3) is 6.08 Å². The molecule has 10 heteroatoms. The molecule has 0 N–H and O–H groups in total. The van der Waals surface area contributed by atoms with Gasteiger partial charge in [-0.25, -0.2) is 9.59 Å². The molecule has 2 aliphatic heterocycles. The molecule has 2 aromatic carbocycles. The average molecular weight is 851 g/mol. The lowest BCUT2D eigenvalue weighted by Crippen LogP contribution is -2.23. The first-order valence-electron chi connectivity index (χ1n) is 22.3. The summed E-state index contributed by atoms with van der Waals surface area (Å²) < 4.78 is 35.6. The van der Waals surface area contributed by atoms with Crippen molar-refractivity contribution >= 4 is 34.2 Å². The average Bonchev–Trinajstić information content (AvgIpc) is 3.69. The molecule has 0 spiro atoms. The predicted molar refractivity (Wildman–Crippen MR) is 246 cm³/mol. The minimum Gasteiger partial charge on any atom is -0.462 e. The molecule has 5 rings (SSSR count). The van der Waals surface area contributed by atoms with E-state index in [4.69, 9.17) is 28.4 Å². The van der Waals surface area contributed by atoms with E-state index in [1.807, 2.05) is 66.7 Å². The lowest BCUT2D eigenvalue weighted by atomic mass is 9.93. The van der Waals surface area contributed by atoms with Crippen LogP contribution in [0.3, 0.4) is 0 Å². The summed E-state index contributed by atoms with van der Waals surface area (Å²) >= 11 is 0. The summed E-state index contributed by atoms with van der Waals surface area (Å²) in [6.45, 7) is 35.1. The summed E-state index contributed by atoms with van der Waals surface area (Å²) in [4.78, 5) is 25.8. The van der Waals surface area contributed by atoms with Crippen LogP contribution in [0.5, 0.6) is 0 Å². The Labute approximate surface area is 359 Å². The Morgan fingerprint density at radius 3 is 1.66 bits per heavy atom. The maximum absolute atomic E-state index is 13.0. The fourth-order valence-corrected chi connectivity index (χ4v) is 9.88. The second-order valence-corrected chi connectivity index (χ2v) is 31.9. The predicted octanol–water partition coefficient (Wildman–Crippen LogP) is 12.4. The second kappa shape index (κ2) is 20.1. The van der Waals surface area contributed by atoms with Gasteiger partial charge < -0.3 is 28.4 Å². The van der Waals surface area contributed by atoms with Gasteiger partial charge >= 0.3 is 11.9 Å². The molecular weight excluding hydrogens is 773 g/mol. The zero-order valence-electron chi connectivity index (χ0n) is 39.6. The number of benzene rings is 2. The topological polar surface area (TPSA) is 89.5 Å². The van der Waals surface area contributed by atoms with E-state index in [1.165, 1.54) is 11.1 Å². The Hall–Kier alpha value is -2.61. The van der Waals surface area contributed by atoms with Crippen LogP contribution in [0.2, 0.25) is 51.4 Å². The van der Waals surface area contributed by atoms with E-state index in [0.29, 0.717) is 30.6 Å². The zero-order chi connectivity index (χ0) is 44.1. The molecule has 0 aromatic heterocycles.